The van der Waals surface area contributed by atoms with Gasteiger partial charge in [-0.2, -0.15) is 0 Å². The lowest BCUT2D eigenvalue weighted by atomic mass is 10.1. The number of hydrogen-bond acceptors (Lipinski definition) is 5. The molecule has 0 saturated heterocycles. The number of aryl methyl sites for hydroxylation is 2. The van der Waals surface area contributed by atoms with Crippen molar-refractivity contribution in [2.45, 2.75) is 33.6 Å². The first-order chi connectivity index (χ1) is 10.8. The van der Waals surface area contributed by atoms with Gasteiger partial charge in [0.1, 0.15) is 5.15 Å². The fraction of sp³-hybridized carbons (Fsp3) is 0.467. The number of urea groups is 1. The number of aromatic nitrogens is 1. The van der Waals surface area contributed by atoms with Gasteiger partial charge < -0.3 is 10.1 Å². The highest BCUT2D eigenvalue weighted by Gasteiger charge is 2.18. The second kappa shape index (κ2) is 9.09. The van der Waals surface area contributed by atoms with Gasteiger partial charge in [-0.05, 0) is 31.9 Å². The van der Waals surface area contributed by atoms with Gasteiger partial charge >= 0.3 is 12.0 Å². The van der Waals surface area contributed by atoms with Crippen LogP contribution in [-0.4, -0.2) is 36.0 Å². The number of imide groups is 1. The summed E-state index contributed by atoms with van der Waals surface area (Å²) in [5.41, 5.74) is 1.38. The number of amides is 3. The molecule has 0 aliphatic rings. The third-order valence-electron chi connectivity index (χ3n) is 2.91. The first kappa shape index (κ1) is 18.9. The Morgan fingerprint density at radius 3 is 2.61 bits per heavy atom. The molecule has 0 radical (unpaired) electrons. The first-order valence-electron chi connectivity index (χ1n) is 7.23. The summed E-state index contributed by atoms with van der Waals surface area (Å²) >= 11 is 5.92. The molecule has 0 atom stereocenters. The first-order valence-corrected chi connectivity index (χ1v) is 7.61. The highest BCUT2D eigenvalue weighted by atomic mass is 35.5. The van der Waals surface area contributed by atoms with E-state index in [1.165, 1.54) is 0 Å². The third-order valence-corrected chi connectivity index (χ3v) is 3.18. The van der Waals surface area contributed by atoms with Crippen molar-refractivity contribution in [3.8, 4) is 0 Å². The molecule has 0 aliphatic carbocycles. The Morgan fingerprint density at radius 2 is 2.00 bits per heavy atom. The zero-order valence-corrected chi connectivity index (χ0v) is 14.1. The van der Waals surface area contributed by atoms with Crippen molar-refractivity contribution >= 4 is 29.5 Å². The molecule has 1 rings (SSSR count). The smallest absolute Gasteiger partial charge is 0.342 e. The minimum atomic E-state index is -0.762. The Kier molecular flexibility index (Phi) is 7.47. The van der Waals surface area contributed by atoms with E-state index in [1.54, 1.807) is 19.9 Å². The van der Waals surface area contributed by atoms with E-state index in [2.05, 4.69) is 15.6 Å². The van der Waals surface area contributed by atoms with Crippen LogP contribution in [0.5, 0.6) is 0 Å². The molecule has 0 unspecified atom stereocenters. The van der Waals surface area contributed by atoms with Crippen LogP contribution in [-0.2, 0) is 9.53 Å². The quantitative estimate of drug-likeness (QED) is 0.469. The van der Waals surface area contributed by atoms with E-state index >= 15 is 0 Å². The molecule has 23 heavy (non-hydrogen) atoms. The molecule has 8 heteroatoms. The van der Waals surface area contributed by atoms with E-state index in [-0.39, 0.29) is 10.7 Å². The number of rotatable bonds is 6. The van der Waals surface area contributed by atoms with Gasteiger partial charge in [-0.1, -0.05) is 24.9 Å². The molecule has 0 aromatic carbocycles. The lowest BCUT2D eigenvalue weighted by Gasteiger charge is -2.09. The number of esters is 1. The van der Waals surface area contributed by atoms with Gasteiger partial charge in [0.05, 0.1) is 5.56 Å². The number of hydrogen-bond donors (Lipinski definition) is 2. The zero-order chi connectivity index (χ0) is 17.4. The summed E-state index contributed by atoms with van der Waals surface area (Å²) in [7, 11) is 0. The van der Waals surface area contributed by atoms with Gasteiger partial charge in [-0.25, -0.2) is 14.6 Å². The van der Waals surface area contributed by atoms with E-state index in [0.717, 1.165) is 12.8 Å². The zero-order valence-electron chi connectivity index (χ0n) is 13.4. The fourth-order valence-electron chi connectivity index (χ4n) is 1.83. The summed E-state index contributed by atoms with van der Waals surface area (Å²) in [6.07, 6.45) is 1.74. The number of pyridine rings is 1. The van der Waals surface area contributed by atoms with Gasteiger partial charge in [0.2, 0.25) is 0 Å². The van der Waals surface area contributed by atoms with Crippen molar-refractivity contribution in [1.29, 1.82) is 0 Å². The number of carbonyl (C=O) groups excluding carboxylic acids is 3. The number of halogens is 1. The van der Waals surface area contributed by atoms with Crippen LogP contribution in [0.1, 0.15) is 41.4 Å². The van der Waals surface area contributed by atoms with Crippen molar-refractivity contribution in [3.63, 3.8) is 0 Å². The largest absolute Gasteiger partial charge is 0.452 e. The standard InChI is InChI=1S/C15H20ClN3O4/c1-4-5-6-17-15(22)19-11(20)8-23-14(21)12-9(2)7-10(3)18-13(12)16/h7H,4-6,8H2,1-3H3,(H2,17,19,20,22). The second-order valence-electron chi connectivity index (χ2n) is 4.98. The van der Waals surface area contributed by atoms with Gasteiger partial charge in [-0.15, -0.1) is 0 Å². The van der Waals surface area contributed by atoms with Gasteiger partial charge in [-0.3, -0.25) is 10.1 Å². The number of ether oxygens (including phenoxy) is 1. The Hall–Kier alpha value is -2.15. The number of nitrogens with one attached hydrogen (secondary N) is 2. The van der Waals surface area contributed by atoms with Crippen LogP contribution < -0.4 is 10.6 Å². The van der Waals surface area contributed by atoms with Crippen LogP contribution in [0.3, 0.4) is 0 Å². The van der Waals surface area contributed by atoms with Crippen molar-refractivity contribution < 1.29 is 19.1 Å². The van der Waals surface area contributed by atoms with E-state index < -0.39 is 24.5 Å². The molecule has 1 aromatic rings. The predicted octanol–water partition coefficient (Wildman–Crippen LogP) is 2.13. The van der Waals surface area contributed by atoms with E-state index in [9.17, 15) is 14.4 Å². The summed E-state index contributed by atoms with van der Waals surface area (Å²) in [5.74, 6) is -1.48. The molecule has 2 N–H and O–H groups in total. The average molecular weight is 342 g/mol. The van der Waals surface area contributed by atoms with Crippen molar-refractivity contribution in [2.75, 3.05) is 13.2 Å². The van der Waals surface area contributed by atoms with E-state index in [4.69, 9.17) is 16.3 Å². The summed E-state index contributed by atoms with van der Waals surface area (Å²) in [4.78, 5) is 38.9. The molecule has 126 valence electrons. The maximum Gasteiger partial charge on any atom is 0.342 e. The van der Waals surface area contributed by atoms with Crippen molar-refractivity contribution in [1.82, 2.24) is 15.6 Å². The highest BCUT2D eigenvalue weighted by molar-refractivity contribution is 6.32. The van der Waals surface area contributed by atoms with Gasteiger partial charge in [0, 0.05) is 12.2 Å². The fourth-order valence-corrected chi connectivity index (χ4v) is 2.18. The maximum absolute atomic E-state index is 12.0. The van der Waals surface area contributed by atoms with Crippen LogP contribution in [0, 0.1) is 13.8 Å². The Labute approximate surface area is 139 Å². The Balaban J connectivity index is 2.50. The topological polar surface area (TPSA) is 97.4 Å². The summed E-state index contributed by atoms with van der Waals surface area (Å²) in [6, 6.07) is 1.06. The SMILES string of the molecule is CCCCNC(=O)NC(=O)COC(=O)c1c(C)cc(C)nc1Cl. The highest BCUT2D eigenvalue weighted by Crippen LogP contribution is 2.19. The van der Waals surface area contributed by atoms with E-state index in [1.807, 2.05) is 6.92 Å². The lowest BCUT2D eigenvalue weighted by Crippen LogP contribution is -2.41. The maximum atomic E-state index is 12.0. The molecule has 1 aromatic heterocycles. The van der Waals surface area contributed by atoms with Crippen LogP contribution in [0.15, 0.2) is 6.07 Å². The molecule has 1 heterocycles. The minimum absolute atomic E-state index is 0.0187. The monoisotopic (exact) mass is 341 g/mol. The summed E-state index contributed by atoms with van der Waals surface area (Å²) in [6.45, 7) is 5.32. The van der Waals surface area contributed by atoms with Crippen molar-refractivity contribution in [2.24, 2.45) is 0 Å². The summed E-state index contributed by atoms with van der Waals surface area (Å²) < 4.78 is 4.86. The number of unbranched alkanes of at least 4 members (excludes halogenated alkanes) is 1. The van der Waals surface area contributed by atoms with Crippen LogP contribution in [0.4, 0.5) is 4.79 Å². The molecule has 0 saturated carbocycles. The molecule has 3 amide bonds. The second-order valence-corrected chi connectivity index (χ2v) is 5.34. The minimum Gasteiger partial charge on any atom is -0.452 e. The van der Waals surface area contributed by atoms with Crippen LogP contribution >= 0.6 is 11.6 Å². The van der Waals surface area contributed by atoms with Crippen molar-refractivity contribution in [3.05, 3.63) is 28.0 Å². The predicted molar refractivity (Wildman–Crippen MR) is 85.5 cm³/mol. The molecule has 0 bridgehead atoms. The number of carbonyl (C=O) groups is 3. The molecule has 0 fully saturated rings. The average Bonchev–Trinajstić information content (AvgIpc) is 2.44. The van der Waals surface area contributed by atoms with Gasteiger partial charge in [0.15, 0.2) is 6.61 Å². The molecule has 7 nitrogen and oxygen atoms in total. The summed E-state index contributed by atoms with van der Waals surface area (Å²) in [5, 5.41) is 4.60. The van der Waals surface area contributed by atoms with Crippen LogP contribution in [0.2, 0.25) is 5.15 Å². The lowest BCUT2D eigenvalue weighted by molar-refractivity contribution is -0.123. The van der Waals surface area contributed by atoms with Gasteiger partial charge in [0.25, 0.3) is 5.91 Å². The molecular weight excluding hydrogens is 322 g/mol. The Bertz CT molecular complexity index is 581. The number of nitrogens with zero attached hydrogens (tertiary/aromatic N) is 1. The van der Waals surface area contributed by atoms with E-state index in [0.29, 0.717) is 17.8 Å². The molecule has 0 aliphatic heterocycles. The molecular formula is C15H20ClN3O4. The third kappa shape index (κ3) is 6.23. The normalized spacial score (nSPS) is 10.1. The Morgan fingerprint density at radius 1 is 1.30 bits per heavy atom. The van der Waals surface area contributed by atoms with Crippen LogP contribution in [0.25, 0.3) is 0 Å². The molecule has 0 spiro atoms.